The lowest BCUT2D eigenvalue weighted by atomic mass is 9.62. The Bertz CT molecular complexity index is 808. The van der Waals surface area contributed by atoms with Gasteiger partial charge in [0.2, 0.25) is 11.8 Å². The van der Waals surface area contributed by atoms with Gasteiger partial charge in [-0.2, -0.15) is 0 Å². The van der Waals surface area contributed by atoms with Crippen LogP contribution in [0.3, 0.4) is 0 Å². The van der Waals surface area contributed by atoms with E-state index in [2.05, 4.69) is 43.4 Å². The van der Waals surface area contributed by atoms with Crippen LogP contribution in [0, 0.1) is 23.7 Å². The summed E-state index contributed by atoms with van der Waals surface area (Å²) < 4.78 is 5.15. The Hall–Kier alpha value is -1.88. The predicted molar refractivity (Wildman–Crippen MR) is 122 cm³/mol. The Morgan fingerprint density at radius 3 is 2.58 bits per heavy atom. The highest BCUT2D eigenvalue weighted by molar-refractivity contribution is 5.92. The van der Waals surface area contributed by atoms with Gasteiger partial charge in [0.05, 0.1) is 6.61 Å². The van der Waals surface area contributed by atoms with Gasteiger partial charge in [0, 0.05) is 26.6 Å². The van der Waals surface area contributed by atoms with Crippen molar-refractivity contribution in [2.24, 2.45) is 23.7 Å². The van der Waals surface area contributed by atoms with Gasteiger partial charge in [-0.3, -0.25) is 9.59 Å². The van der Waals surface area contributed by atoms with E-state index in [-0.39, 0.29) is 11.8 Å². The lowest BCUT2D eigenvalue weighted by molar-refractivity contribution is -0.149. The molecule has 3 aliphatic rings. The minimum absolute atomic E-state index is 0.0282. The number of ether oxygens (including phenoxy) is 1. The lowest BCUT2D eigenvalue weighted by Crippen LogP contribution is -2.63. The van der Waals surface area contributed by atoms with Gasteiger partial charge in [0.15, 0.2) is 0 Å². The molecule has 2 aliphatic carbocycles. The standard InChI is InChI=1S/C26H38N2O3/c1-18(2)12-19-13-24(29)28(17-19)26(25(30)27-10-11-31-3)9-8-22-14-20-6-4-5-7-21(20)15-23(22)16-26/h4-7,18-19,22-23H,8-17H2,1-3H3,(H,27,30)/t19-,22+,23+,26+/m0/s1. The molecule has 0 spiro atoms. The minimum Gasteiger partial charge on any atom is -0.383 e. The molecule has 1 saturated carbocycles. The van der Waals surface area contributed by atoms with Gasteiger partial charge in [-0.25, -0.2) is 0 Å². The van der Waals surface area contributed by atoms with Gasteiger partial charge < -0.3 is 15.0 Å². The number of carbonyl (C=O) groups excluding carboxylic acids is 2. The lowest BCUT2D eigenvalue weighted by Gasteiger charge is -2.50. The Labute approximate surface area is 186 Å². The predicted octanol–water partition coefficient (Wildman–Crippen LogP) is 3.60. The second-order valence-corrected chi connectivity index (χ2v) is 10.4. The molecule has 0 unspecified atom stereocenters. The molecule has 0 bridgehead atoms. The van der Waals surface area contributed by atoms with Crippen LogP contribution in [0.1, 0.15) is 57.1 Å². The molecule has 5 heteroatoms. The van der Waals surface area contributed by atoms with Crippen molar-refractivity contribution in [3.63, 3.8) is 0 Å². The third kappa shape index (κ3) is 4.52. The summed E-state index contributed by atoms with van der Waals surface area (Å²) in [6.07, 6.45) is 6.32. The van der Waals surface area contributed by atoms with Crippen molar-refractivity contribution in [1.82, 2.24) is 10.2 Å². The maximum Gasteiger partial charge on any atom is 0.246 e. The zero-order chi connectivity index (χ0) is 22.0. The Morgan fingerprint density at radius 2 is 1.90 bits per heavy atom. The first-order valence-corrected chi connectivity index (χ1v) is 12.1. The van der Waals surface area contributed by atoms with Crippen LogP contribution < -0.4 is 5.32 Å². The number of amides is 2. The molecule has 4 rings (SSSR count). The molecule has 170 valence electrons. The highest BCUT2D eigenvalue weighted by Gasteiger charge is 2.54. The summed E-state index contributed by atoms with van der Waals surface area (Å²) in [6, 6.07) is 8.74. The normalized spacial score (nSPS) is 30.3. The first-order chi connectivity index (χ1) is 14.9. The van der Waals surface area contributed by atoms with Crippen LogP contribution in [0.15, 0.2) is 24.3 Å². The number of fused-ring (bicyclic) bond motifs is 2. The zero-order valence-corrected chi connectivity index (χ0v) is 19.4. The summed E-state index contributed by atoms with van der Waals surface area (Å²) in [4.78, 5) is 28.8. The fraction of sp³-hybridized carbons (Fsp3) is 0.692. The molecule has 31 heavy (non-hydrogen) atoms. The van der Waals surface area contributed by atoms with Gasteiger partial charge in [0.25, 0.3) is 0 Å². The van der Waals surface area contributed by atoms with Gasteiger partial charge in [-0.15, -0.1) is 0 Å². The molecule has 1 aliphatic heterocycles. The number of nitrogens with zero attached hydrogens (tertiary/aromatic N) is 1. The topological polar surface area (TPSA) is 58.6 Å². The van der Waals surface area contributed by atoms with E-state index in [1.807, 2.05) is 4.90 Å². The van der Waals surface area contributed by atoms with Crippen molar-refractivity contribution in [1.29, 1.82) is 0 Å². The highest BCUT2D eigenvalue weighted by Crippen LogP contribution is 2.47. The third-order valence-electron chi connectivity index (χ3n) is 7.82. The van der Waals surface area contributed by atoms with Crippen LogP contribution in [0.5, 0.6) is 0 Å². The number of benzene rings is 1. The number of hydrogen-bond donors (Lipinski definition) is 1. The van der Waals surface area contributed by atoms with Crippen LogP contribution in [0.25, 0.3) is 0 Å². The molecule has 1 saturated heterocycles. The van der Waals surface area contributed by atoms with E-state index in [9.17, 15) is 9.59 Å². The average Bonchev–Trinajstić information content (AvgIpc) is 3.11. The average molecular weight is 427 g/mol. The van der Waals surface area contributed by atoms with E-state index >= 15 is 0 Å². The SMILES string of the molecule is COCCNC(=O)[C@@]1(N2C[C@@H](CC(C)C)CC2=O)CC[C@@H]2Cc3ccccc3C[C@@H]2C1. The van der Waals surface area contributed by atoms with E-state index in [0.29, 0.717) is 43.2 Å². The number of methoxy groups -OCH3 is 1. The highest BCUT2D eigenvalue weighted by atomic mass is 16.5. The fourth-order valence-corrected chi connectivity index (χ4v) is 6.42. The fourth-order valence-electron chi connectivity index (χ4n) is 6.42. The van der Waals surface area contributed by atoms with Gasteiger partial charge >= 0.3 is 0 Å². The third-order valence-corrected chi connectivity index (χ3v) is 7.82. The van der Waals surface area contributed by atoms with Crippen LogP contribution in [-0.4, -0.2) is 49.1 Å². The molecule has 0 aromatic heterocycles. The maximum atomic E-state index is 13.6. The molecule has 1 aromatic carbocycles. The molecular formula is C26H38N2O3. The van der Waals surface area contributed by atoms with E-state index in [4.69, 9.17) is 4.74 Å². The van der Waals surface area contributed by atoms with Crippen molar-refractivity contribution in [2.75, 3.05) is 26.8 Å². The summed E-state index contributed by atoms with van der Waals surface area (Å²) in [6.45, 7) is 6.13. The molecule has 1 aromatic rings. The first kappa shape index (κ1) is 22.3. The second-order valence-electron chi connectivity index (χ2n) is 10.4. The summed E-state index contributed by atoms with van der Waals surface area (Å²) in [5, 5.41) is 3.10. The number of carbonyl (C=O) groups is 2. The molecule has 1 N–H and O–H groups in total. The van der Waals surface area contributed by atoms with Crippen molar-refractivity contribution in [2.45, 2.75) is 64.3 Å². The van der Waals surface area contributed by atoms with Crippen molar-refractivity contribution in [3.05, 3.63) is 35.4 Å². The largest absolute Gasteiger partial charge is 0.383 e. The summed E-state index contributed by atoms with van der Waals surface area (Å²) >= 11 is 0. The molecule has 1 heterocycles. The number of likely N-dealkylation sites (tertiary alicyclic amines) is 1. The molecule has 0 radical (unpaired) electrons. The van der Waals surface area contributed by atoms with Crippen molar-refractivity contribution < 1.29 is 14.3 Å². The monoisotopic (exact) mass is 426 g/mol. The van der Waals surface area contributed by atoms with E-state index < -0.39 is 5.54 Å². The molecular weight excluding hydrogens is 388 g/mol. The Balaban J connectivity index is 1.58. The first-order valence-electron chi connectivity index (χ1n) is 12.1. The molecule has 4 atom stereocenters. The van der Waals surface area contributed by atoms with E-state index in [0.717, 1.165) is 45.1 Å². The maximum absolute atomic E-state index is 13.6. The van der Waals surface area contributed by atoms with Crippen LogP contribution >= 0.6 is 0 Å². The minimum atomic E-state index is -0.704. The number of nitrogens with one attached hydrogen (secondary N) is 1. The number of rotatable bonds is 7. The van der Waals surface area contributed by atoms with E-state index in [1.165, 1.54) is 11.1 Å². The van der Waals surface area contributed by atoms with Crippen LogP contribution in [-0.2, 0) is 27.2 Å². The van der Waals surface area contributed by atoms with Crippen molar-refractivity contribution >= 4 is 11.8 Å². The quantitative estimate of drug-likeness (QED) is 0.678. The van der Waals surface area contributed by atoms with Gasteiger partial charge in [-0.1, -0.05) is 38.1 Å². The Morgan fingerprint density at radius 1 is 1.19 bits per heavy atom. The van der Waals surface area contributed by atoms with Crippen LogP contribution in [0.2, 0.25) is 0 Å². The molecule has 2 amide bonds. The van der Waals surface area contributed by atoms with Crippen LogP contribution in [0.4, 0.5) is 0 Å². The molecule has 5 nitrogen and oxygen atoms in total. The summed E-state index contributed by atoms with van der Waals surface area (Å²) in [7, 11) is 1.65. The van der Waals surface area contributed by atoms with Gasteiger partial charge in [0.1, 0.15) is 5.54 Å². The summed E-state index contributed by atoms with van der Waals surface area (Å²) in [5.74, 6) is 2.19. The zero-order valence-electron chi connectivity index (χ0n) is 19.4. The molecule has 2 fully saturated rings. The van der Waals surface area contributed by atoms with Crippen molar-refractivity contribution in [3.8, 4) is 0 Å². The summed E-state index contributed by atoms with van der Waals surface area (Å²) in [5.41, 5.74) is 2.18. The smallest absolute Gasteiger partial charge is 0.246 e. The van der Waals surface area contributed by atoms with E-state index in [1.54, 1.807) is 7.11 Å². The second kappa shape index (κ2) is 9.32. The van der Waals surface area contributed by atoms with Gasteiger partial charge in [-0.05, 0) is 73.3 Å². The number of hydrogen-bond acceptors (Lipinski definition) is 3. The Kier molecular flexibility index (Phi) is 6.71.